The van der Waals surface area contributed by atoms with Crippen molar-refractivity contribution >= 4 is 28.9 Å². The fourth-order valence-electron chi connectivity index (χ4n) is 1.49. The second-order valence-electron chi connectivity index (χ2n) is 3.76. The standard InChI is InChI=1S/C13H9Cl2NO3/c14-11-2-1-3-12(15)13(11)19-8-9-4-6-10(7-5-9)16(17)18/h1-7H,8H2. The smallest absolute Gasteiger partial charge is 0.269 e. The van der Waals surface area contributed by atoms with Gasteiger partial charge in [-0.25, -0.2) is 0 Å². The number of halogens is 2. The lowest BCUT2D eigenvalue weighted by Crippen LogP contribution is -1.97. The highest BCUT2D eigenvalue weighted by Gasteiger charge is 2.08. The maximum absolute atomic E-state index is 10.5. The highest BCUT2D eigenvalue weighted by molar-refractivity contribution is 6.37. The van der Waals surface area contributed by atoms with Gasteiger partial charge < -0.3 is 4.74 Å². The van der Waals surface area contributed by atoms with E-state index in [0.717, 1.165) is 5.56 Å². The molecule has 2 aromatic rings. The first-order valence-corrected chi connectivity index (χ1v) is 6.13. The van der Waals surface area contributed by atoms with E-state index in [4.69, 9.17) is 27.9 Å². The third-order valence-corrected chi connectivity index (χ3v) is 3.04. The molecule has 0 saturated carbocycles. The van der Waals surface area contributed by atoms with Crippen LogP contribution >= 0.6 is 23.2 Å². The van der Waals surface area contributed by atoms with Crippen molar-refractivity contribution in [2.45, 2.75) is 6.61 Å². The maximum Gasteiger partial charge on any atom is 0.269 e. The Morgan fingerprint density at radius 3 is 2.16 bits per heavy atom. The fourth-order valence-corrected chi connectivity index (χ4v) is 2.00. The van der Waals surface area contributed by atoms with Gasteiger partial charge in [0, 0.05) is 12.1 Å². The Bertz CT molecular complexity index is 579. The monoisotopic (exact) mass is 297 g/mol. The minimum atomic E-state index is -0.449. The van der Waals surface area contributed by atoms with Gasteiger partial charge in [0.25, 0.3) is 5.69 Å². The van der Waals surface area contributed by atoms with Crippen LogP contribution in [0.25, 0.3) is 0 Å². The molecule has 19 heavy (non-hydrogen) atoms. The van der Waals surface area contributed by atoms with Crippen molar-refractivity contribution in [3.05, 3.63) is 68.2 Å². The highest BCUT2D eigenvalue weighted by Crippen LogP contribution is 2.32. The van der Waals surface area contributed by atoms with Gasteiger partial charge in [0.2, 0.25) is 0 Å². The molecule has 6 heteroatoms. The summed E-state index contributed by atoms with van der Waals surface area (Å²) in [6, 6.07) is 11.2. The molecule has 0 unspecified atom stereocenters. The number of hydrogen-bond donors (Lipinski definition) is 0. The average molecular weight is 298 g/mol. The van der Waals surface area contributed by atoms with Gasteiger partial charge in [-0.1, -0.05) is 29.3 Å². The zero-order chi connectivity index (χ0) is 13.8. The van der Waals surface area contributed by atoms with Gasteiger partial charge in [0.1, 0.15) is 6.61 Å². The number of nitrogens with zero attached hydrogens (tertiary/aromatic N) is 1. The molecule has 0 radical (unpaired) electrons. The molecule has 0 aliphatic rings. The van der Waals surface area contributed by atoms with E-state index in [9.17, 15) is 10.1 Å². The lowest BCUT2D eigenvalue weighted by molar-refractivity contribution is -0.384. The molecule has 0 heterocycles. The summed E-state index contributed by atoms with van der Waals surface area (Å²) in [4.78, 5) is 10.1. The first kappa shape index (κ1) is 13.6. The van der Waals surface area contributed by atoms with Crippen LogP contribution in [0.15, 0.2) is 42.5 Å². The molecule has 98 valence electrons. The first-order valence-electron chi connectivity index (χ1n) is 5.38. The SMILES string of the molecule is O=[N+]([O-])c1ccc(COc2c(Cl)cccc2Cl)cc1. The summed E-state index contributed by atoms with van der Waals surface area (Å²) in [6.45, 7) is 0.238. The number of hydrogen-bond acceptors (Lipinski definition) is 3. The van der Waals surface area contributed by atoms with Gasteiger partial charge in [-0.05, 0) is 29.8 Å². The lowest BCUT2D eigenvalue weighted by Gasteiger charge is -2.09. The van der Waals surface area contributed by atoms with E-state index in [2.05, 4.69) is 0 Å². The molecule has 0 bridgehead atoms. The van der Waals surface area contributed by atoms with Crippen LogP contribution in [0.1, 0.15) is 5.56 Å². The maximum atomic E-state index is 10.5. The van der Waals surface area contributed by atoms with Crippen LogP contribution in [0.4, 0.5) is 5.69 Å². The molecule has 2 rings (SSSR count). The highest BCUT2D eigenvalue weighted by atomic mass is 35.5. The van der Waals surface area contributed by atoms with Crippen LogP contribution in [0.2, 0.25) is 10.0 Å². The summed E-state index contributed by atoms with van der Waals surface area (Å²) in [6.07, 6.45) is 0. The Labute approximate surface area is 119 Å². The molecular weight excluding hydrogens is 289 g/mol. The zero-order valence-corrected chi connectivity index (χ0v) is 11.2. The summed E-state index contributed by atoms with van der Waals surface area (Å²) >= 11 is 11.9. The predicted molar refractivity (Wildman–Crippen MR) is 73.9 cm³/mol. The molecular formula is C13H9Cl2NO3. The number of non-ortho nitro benzene ring substituents is 1. The molecule has 0 aliphatic heterocycles. The molecule has 0 atom stereocenters. The third-order valence-electron chi connectivity index (χ3n) is 2.45. The van der Waals surface area contributed by atoms with Gasteiger partial charge in [-0.3, -0.25) is 10.1 Å². The molecule has 4 nitrogen and oxygen atoms in total. The molecule has 0 aromatic heterocycles. The van der Waals surface area contributed by atoms with Crippen molar-refractivity contribution in [2.75, 3.05) is 0 Å². The van der Waals surface area contributed by atoms with Gasteiger partial charge in [-0.2, -0.15) is 0 Å². The fraction of sp³-hybridized carbons (Fsp3) is 0.0769. The van der Waals surface area contributed by atoms with E-state index in [1.165, 1.54) is 12.1 Å². The second-order valence-corrected chi connectivity index (χ2v) is 4.58. The van der Waals surface area contributed by atoms with E-state index >= 15 is 0 Å². The van der Waals surface area contributed by atoms with E-state index in [1.807, 2.05) is 0 Å². The summed E-state index contributed by atoms with van der Waals surface area (Å²) in [5.41, 5.74) is 0.834. The van der Waals surface area contributed by atoms with Crippen LogP contribution < -0.4 is 4.74 Å². The molecule has 0 N–H and O–H groups in total. The quantitative estimate of drug-likeness (QED) is 0.617. The van der Waals surface area contributed by atoms with Crippen molar-refractivity contribution in [2.24, 2.45) is 0 Å². The van der Waals surface area contributed by atoms with E-state index < -0.39 is 4.92 Å². The lowest BCUT2D eigenvalue weighted by atomic mass is 10.2. The van der Waals surface area contributed by atoms with E-state index in [-0.39, 0.29) is 12.3 Å². The first-order chi connectivity index (χ1) is 9.08. The van der Waals surface area contributed by atoms with Gasteiger partial charge in [-0.15, -0.1) is 0 Å². The van der Waals surface area contributed by atoms with Crippen LogP contribution in [0.5, 0.6) is 5.75 Å². The van der Waals surface area contributed by atoms with Crippen molar-refractivity contribution in [3.8, 4) is 5.75 Å². The largest absolute Gasteiger partial charge is 0.486 e. The summed E-state index contributed by atoms with van der Waals surface area (Å²) in [5.74, 6) is 0.407. The van der Waals surface area contributed by atoms with Crippen molar-refractivity contribution < 1.29 is 9.66 Å². The van der Waals surface area contributed by atoms with Crippen LogP contribution in [-0.2, 0) is 6.61 Å². The second kappa shape index (κ2) is 5.91. The Hall–Kier alpha value is -1.78. The minimum absolute atomic E-state index is 0.0412. The average Bonchev–Trinajstić information content (AvgIpc) is 2.38. The number of benzene rings is 2. The van der Waals surface area contributed by atoms with E-state index in [1.54, 1.807) is 30.3 Å². The topological polar surface area (TPSA) is 52.4 Å². The normalized spacial score (nSPS) is 10.2. The minimum Gasteiger partial charge on any atom is -0.486 e. The summed E-state index contributed by atoms with van der Waals surface area (Å²) in [5, 5.41) is 11.4. The number of rotatable bonds is 4. The molecule has 0 spiro atoms. The number of ether oxygens (including phenoxy) is 1. The number of para-hydroxylation sites is 1. The molecule has 2 aromatic carbocycles. The van der Waals surface area contributed by atoms with Crippen molar-refractivity contribution in [1.29, 1.82) is 0 Å². The Kier molecular flexibility index (Phi) is 4.24. The van der Waals surface area contributed by atoms with Gasteiger partial charge in [0.15, 0.2) is 5.75 Å². The van der Waals surface area contributed by atoms with Crippen molar-refractivity contribution in [1.82, 2.24) is 0 Å². The van der Waals surface area contributed by atoms with Crippen LogP contribution in [-0.4, -0.2) is 4.92 Å². The molecule has 0 fully saturated rings. The van der Waals surface area contributed by atoms with Crippen molar-refractivity contribution in [3.63, 3.8) is 0 Å². The molecule has 0 aliphatic carbocycles. The molecule has 0 amide bonds. The third kappa shape index (κ3) is 3.36. The Balaban J connectivity index is 2.08. The van der Waals surface area contributed by atoms with Crippen LogP contribution in [0, 0.1) is 10.1 Å². The summed E-state index contributed by atoms with van der Waals surface area (Å²) in [7, 11) is 0. The Morgan fingerprint density at radius 1 is 1.05 bits per heavy atom. The Morgan fingerprint density at radius 2 is 1.63 bits per heavy atom. The van der Waals surface area contributed by atoms with Crippen LogP contribution in [0.3, 0.4) is 0 Å². The summed E-state index contributed by atoms with van der Waals surface area (Å²) < 4.78 is 5.52. The zero-order valence-electron chi connectivity index (χ0n) is 9.68. The predicted octanol–water partition coefficient (Wildman–Crippen LogP) is 4.48. The van der Waals surface area contributed by atoms with E-state index in [0.29, 0.717) is 15.8 Å². The number of nitro benzene ring substituents is 1. The van der Waals surface area contributed by atoms with Gasteiger partial charge >= 0.3 is 0 Å². The number of nitro groups is 1. The van der Waals surface area contributed by atoms with Gasteiger partial charge in [0.05, 0.1) is 15.0 Å². The molecule has 0 saturated heterocycles.